The number of fused-ring (bicyclic) bond motifs is 4. The third kappa shape index (κ3) is 4.12. The number of ether oxygens (including phenoxy) is 2. The van der Waals surface area contributed by atoms with Gasteiger partial charge in [-0.3, -0.25) is 4.79 Å². The molecular formula is C30H27F3N4O3. The molecule has 7 nitrogen and oxygen atoms in total. The SMILES string of the molecule is CCOC(=O)C1[C@H]2CC(c3ncc(-c4cn5c6c(nc5cc4F)CC[C@@H]6c4ccccc4OC(F)F)cn3)C[C@@H]12. The molecule has 3 aliphatic rings. The Balaban J connectivity index is 1.16. The maximum atomic E-state index is 15.3. The lowest BCUT2D eigenvalue weighted by Gasteiger charge is -2.17. The second-order valence-electron chi connectivity index (χ2n) is 10.8. The van der Waals surface area contributed by atoms with Crippen molar-refractivity contribution in [1.82, 2.24) is 19.4 Å². The third-order valence-electron chi connectivity index (χ3n) is 8.68. The summed E-state index contributed by atoms with van der Waals surface area (Å²) in [5.74, 6) is 0.930. The van der Waals surface area contributed by atoms with E-state index in [1.54, 1.807) is 36.8 Å². The van der Waals surface area contributed by atoms with Crippen LogP contribution in [0.3, 0.4) is 0 Å². The molecule has 7 rings (SSSR count). The number of rotatable bonds is 7. The summed E-state index contributed by atoms with van der Waals surface area (Å²) in [5.41, 5.74) is 3.65. The van der Waals surface area contributed by atoms with Gasteiger partial charge in [-0.15, -0.1) is 0 Å². The van der Waals surface area contributed by atoms with E-state index in [1.807, 2.05) is 11.3 Å². The fraction of sp³-hybridized carbons (Fsp3) is 0.400. The molecule has 4 aromatic rings. The Bertz CT molecular complexity index is 1590. The number of alkyl halides is 2. The van der Waals surface area contributed by atoms with Crippen LogP contribution in [0.15, 0.2) is 48.9 Å². The first kappa shape index (κ1) is 25.0. The average Bonchev–Trinajstić information content (AvgIpc) is 3.25. The fourth-order valence-corrected chi connectivity index (χ4v) is 6.92. The number of halogens is 3. The summed E-state index contributed by atoms with van der Waals surface area (Å²) in [6.07, 6.45) is 8.02. The van der Waals surface area contributed by atoms with Crippen molar-refractivity contribution in [2.24, 2.45) is 17.8 Å². The van der Waals surface area contributed by atoms with Crippen LogP contribution in [0.25, 0.3) is 16.8 Å². The van der Waals surface area contributed by atoms with Gasteiger partial charge in [0, 0.05) is 53.2 Å². The minimum Gasteiger partial charge on any atom is -0.466 e. The van der Waals surface area contributed by atoms with E-state index < -0.39 is 12.4 Å². The van der Waals surface area contributed by atoms with Gasteiger partial charge in [-0.1, -0.05) is 18.2 Å². The summed E-state index contributed by atoms with van der Waals surface area (Å²) >= 11 is 0. The number of benzene rings is 1. The Kier molecular flexibility index (Phi) is 6.01. The van der Waals surface area contributed by atoms with E-state index in [0.29, 0.717) is 59.4 Å². The highest BCUT2D eigenvalue weighted by Gasteiger charge is 2.60. The summed E-state index contributed by atoms with van der Waals surface area (Å²) < 4.78 is 53.3. The van der Waals surface area contributed by atoms with Crippen LogP contribution in [0.1, 0.15) is 60.8 Å². The van der Waals surface area contributed by atoms with Gasteiger partial charge >= 0.3 is 12.6 Å². The van der Waals surface area contributed by atoms with Crippen molar-refractivity contribution in [2.45, 2.75) is 51.1 Å². The molecule has 1 aromatic carbocycles. The smallest absolute Gasteiger partial charge is 0.387 e. The molecule has 2 fully saturated rings. The summed E-state index contributed by atoms with van der Waals surface area (Å²) in [4.78, 5) is 25.9. The van der Waals surface area contributed by atoms with Crippen LogP contribution in [-0.2, 0) is 16.0 Å². The monoisotopic (exact) mass is 548 g/mol. The second-order valence-corrected chi connectivity index (χ2v) is 10.8. The van der Waals surface area contributed by atoms with E-state index >= 15 is 4.39 Å². The van der Waals surface area contributed by atoms with Crippen LogP contribution in [-0.4, -0.2) is 38.5 Å². The number of pyridine rings is 1. The van der Waals surface area contributed by atoms with Crippen molar-refractivity contribution in [1.29, 1.82) is 0 Å². The van der Waals surface area contributed by atoms with E-state index in [4.69, 9.17) is 9.47 Å². The fourth-order valence-electron chi connectivity index (χ4n) is 6.92. The van der Waals surface area contributed by atoms with Crippen LogP contribution in [0.5, 0.6) is 5.75 Å². The number of hydrogen-bond donors (Lipinski definition) is 0. The Morgan fingerprint density at radius 1 is 1.15 bits per heavy atom. The minimum absolute atomic E-state index is 0.00549. The van der Waals surface area contributed by atoms with Gasteiger partial charge in [0.2, 0.25) is 0 Å². The van der Waals surface area contributed by atoms with Gasteiger partial charge in [0.25, 0.3) is 0 Å². The molecule has 5 atom stereocenters. The van der Waals surface area contributed by atoms with Gasteiger partial charge in [0.15, 0.2) is 0 Å². The van der Waals surface area contributed by atoms with Crippen LogP contribution in [0, 0.1) is 23.6 Å². The zero-order valence-electron chi connectivity index (χ0n) is 21.8. The van der Waals surface area contributed by atoms with Crippen LogP contribution in [0.2, 0.25) is 0 Å². The summed E-state index contributed by atoms with van der Waals surface area (Å²) in [5, 5.41) is 0. The van der Waals surface area contributed by atoms with Crippen LogP contribution >= 0.6 is 0 Å². The molecular weight excluding hydrogens is 521 g/mol. The number of carbonyl (C=O) groups is 1. The number of nitrogens with zero attached hydrogens (tertiary/aromatic N) is 4. The van der Waals surface area contributed by atoms with Gasteiger partial charge in [-0.25, -0.2) is 19.3 Å². The quantitative estimate of drug-likeness (QED) is 0.267. The first-order chi connectivity index (χ1) is 19.4. The Labute approximate surface area is 228 Å². The number of aryl methyl sites for hydroxylation is 1. The van der Waals surface area contributed by atoms with E-state index in [1.165, 1.54) is 12.1 Å². The first-order valence-corrected chi connectivity index (χ1v) is 13.7. The van der Waals surface area contributed by atoms with Crippen molar-refractivity contribution >= 4 is 11.6 Å². The van der Waals surface area contributed by atoms with Crippen molar-refractivity contribution in [3.8, 4) is 16.9 Å². The first-order valence-electron chi connectivity index (χ1n) is 13.7. The van der Waals surface area contributed by atoms with Gasteiger partial charge in [0.1, 0.15) is 23.0 Å². The van der Waals surface area contributed by atoms with E-state index in [0.717, 1.165) is 24.2 Å². The van der Waals surface area contributed by atoms with Crippen molar-refractivity contribution in [3.63, 3.8) is 0 Å². The Morgan fingerprint density at radius 2 is 1.90 bits per heavy atom. The molecule has 40 heavy (non-hydrogen) atoms. The number of para-hydroxylation sites is 1. The standard InChI is InChI=1S/C30H27F3N4O3/c1-2-39-29(38)26-19-9-15(10-20(19)26)28-34-12-16(13-35-28)21-14-37-25(11-22(21)31)36-23-8-7-18(27(23)37)17-5-3-4-6-24(17)40-30(32)33/h3-6,11-15,18-20,26,30H,2,7-10H2,1H3/t15?,18-,19-,20+,26?/m1/s1. The van der Waals surface area contributed by atoms with Crippen molar-refractivity contribution < 1.29 is 27.4 Å². The van der Waals surface area contributed by atoms with Gasteiger partial charge in [-0.05, 0) is 50.5 Å². The Hall–Kier alpha value is -3.95. The molecule has 206 valence electrons. The van der Waals surface area contributed by atoms with Crippen molar-refractivity contribution in [3.05, 3.63) is 77.5 Å². The number of carbonyl (C=O) groups excluding carboxylic acids is 1. The highest BCUT2D eigenvalue weighted by atomic mass is 19.3. The lowest BCUT2D eigenvalue weighted by molar-refractivity contribution is -0.145. The molecule has 3 aliphatic carbocycles. The summed E-state index contributed by atoms with van der Waals surface area (Å²) in [7, 11) is 0. The number of esters is 1. The molecule has 3 aromatic heterocycles. The maximum Gasteiger partial charge on any atom is 0.387 e. The summed E-state index contributed by atoms with van der Waals surface area (Å²) in [6, 6.07) is 8.17. The highest BCUT2D eigenvalue weighted by molar-refractivity contribution is 5.77. The average molecular weight is 549 g/mol. The molecule has 2 saturated carbocycles. The molecule has 0 spiro atoms. The van der Waals surface area contributed by atoms with E-state index in [9.17, 15) is 13.6 Å². The highest BCUT2D eigenvalue weighted by Crippen LogP contribution is 2.62. The molecule has 0 aliphatic heterocycles. The van der Waals surface area contributed by atoms with Gasteiger partial charge < -0.3 is 13.9 Å². The summed E-state index contributed by atoms with van der Waals surface area (Å²) in [6.45, 7) is -0.714. The molecule has 0 bridgehead atoms. The van der Waals surface area contributed by atoms with E-state index in [-0.39, 0.29) is 29.5 Å². The normalized spacial score (nSPS) is 24.8. The number of imidazole rings is 1. The molecule has 10 heteroatoms. The van der Waals surface area contributed by atoms with Gasteiger partial charge in [-0.2, -0.15) is 8.78 Å². The molecule has 0 N–H and O–H groups in total. The Morgan fingerprint density at radius 3 is 2.62 bits per heavy atom. The second kappa shape index (κ2) is 9.60. The van der Waals surface area contributed by atoms with Crippen LogP contribution < -0.4 is 4.74 Å². The lowest BCUT2D eigenvalue weighted by atomic mass is 9.95. The van der Waals surface area contributed by atoms with Crippen molar-refractivity contribution in [2.75, 3.05) is 6.61 Å². The maximum absolute atomic E-state index is 15.3. The minimum atomic E-state index is -2.93. The molecule has 3 heterocycles. The van der Waals surface area contributed by atoms with Gasteiger partial charge in [0.05, 0.1) is 23.9 Å². The molecule has 0 amide bonds. The molecule has 2 unspecified atom stereocenters. The zero-order chi connectivity index (χ0) is 27.5. The third-order valence-corrected chi connectivity index (χ3v) is 8.68. The molecule has 0 radical (unpaired) electrons. The zero-order valence-corrected chi connectivity index (χ0v) is 21.8. The largest absolute Gasteiger partial charge is 0.466 e. The van der Waals surface area contributed by atoms with Crippen LogP contribution in [0.4, 0.5) is 13.2 Å². The number of hydrogen-bond acceptors (Lipinski definition) is 6. The molecule has 0 saturated heterocycles. The predicted molar refractivity (Wildman–Crippen MR) is 138 cm³/mol. The van der Waals surface area contributed by atoms with E-state index in [2.05, 4.69) is 15.0 Å². The number of aromatic nitrogens is 4. The lowest BCUT2D eigenvalue weighted by Crippen LogP contribution is -2.13. The predicted octanol–water partition coefficient (Wildman–Crippen LogP) is 5.91. The topological polar surface area (TPSA) is 78.6 Å².